The van der Waals surface area contributed by atoms with Crippen molar-refractivity contribution in [3.05, 3.63) is 48.0 Å². The molecule has 1 N–H and O–H groups in total. The molecule has 0 aliphatic heterocycles. The monoisotopic (exact) mass is 329 g/mol. The molecule has 0 bridgehead atoms. The molecule has 0 radical (unpaired) electrons. The molecule has 2 aromatic rings. The third kappa shape index (κ3) is 5.50. The Balaban J connectivity index is 1.78. The highest BCUT2D eigenvalue weighted by atomic mass is 16.5. The van der Waals surface area contributed by atoms with Crippen LogP contribution in [0, 0.1) is 0 Å². The summed E-state index contributed by atoms with van der Waals surface area (Å²) in [7, 11) is 1.63. The summed E-state index contributed by atoms with van der Waals surface area (Å²) in [6, 6.07) is 12.6. The van der Waals surface area contributed by atoms with E-state index in [0.29, 0.717) is 31.1 Å². The first-order chi connectivity index (χ1) is 11.7. The van der Waals surface area contributed by atoms with Gasteiger partial charge in [-0.05, 0) is 42.8 Å². The average Bonchev–Trinajstić information content (AvgIpc) is 2.61. The van der Waals surface area contributed by atoms with Crippen LogP contribution in [-0.4, -0.2) is 38.2 Å². The number of phenols is 1. The minimum atomic E-state index is 0.156. The van der Waals surface area contributed by atoms with Gasteiger partial charge in [-0.15, -0.1) is 0 Å². The molecule has 5 nitrogen and oxygen atoms in total. The highest BCUT2D eigenvalue weighted by molar-refractivity contribution is 5.83. The van der Waals surface area contributed by atoms with Crippen molar-refractivity contribution in [2.45, 2.75) is 13.3 Å². The van der Waals surface area contributed by atoms with Crippen LogP contribution < -0.4 is 14.2 Å². The zero-order valence-corrected chi connectivity index (χ0v) is 14.1. The van der Waals surface area contributed by atoms with E-state index in [1.54, 1.807) is 25.5 Å². The van der Waals surface area contributed by atoms with Gasteiger partial charge in [-0.3, -0.25) is 4.99 Å². The molecule has 0 aliphatic rings. The largest absolute Gasteiger partial charge is 0.507 e. The smallest absolute Gasteiger partial charge is 0.128 e. The standard InChI is InChI=1S/C19H23NO4/c1-3-11-23-18-5-4-15(19(21)13-18)14-20-10-12-24-17-8-6-16(22-2)7-9-17/h4-9,13-14,21H,3,10-12H2,1-2H3. The van der Waals surface area contributed by atoms with E-state index in [2.05, 4.69) is 4.99 Å². The van der Waals surface area contributed by atoms with Crippen molar-refractivity contribution in [2.75, 3.05) is 26.9 Å². The summed E-state index contributed by atoms with van der Waals surface area (Å²) >= 11 is 0. The van der Waals surface area contributed by atoms with Gasteiger partial charge in [0, 0.05) is 17.8 Å². The Kier molecular flexibility index (Phi) is 6.95. The van der Waals surface area contributed by atoms with Crippen LogP contribution in [0.2, 0.25) is 0 Å². The Morgan fingerprint density at radius 1 is 0.958 bits per heavy atom. The van der Waals surface area contributed by atoms with Crippen molar-refractivity contribution < 1.29 is 19.3 Å². The lowest BCUT2D eigenvalue weighted by molar-refractivity contribution is 0.315. The first kappa shape index (κ1) is 17.7. The number of aromatic hydroxyl groups is 1. The van der Waals surface area contributed by atoms with Crippen LogP contribution in [0.5, 0.6) is 23.0 Å². The van der Waals surface area contributed by atoms with Gasteiger partial charge in [0.15, 0.2) is 0 Å². The minimum absolute atomic E-state index is 0.156. The molecule has 0 aromatic heterocycles. The molecule has 2 aromatic carbocycles. The Hall–Kier alpha value is -2.69. The number of hydrogen-bond acceptors (Lipinski definition) is 5. The van der Waals surface area contributed by atoms with Gasteiger partial charge in [-0.25, -0.2) is 0 Å². The molecule has 0 aliphatic carbocycles. The van der Waals surface area contributed by atoms with Crippen molar-refractivity contribution in [3.8, 4) is 23.0 Å². The number of ether oxygens (including phenoxy) is 3. The van der Waals surface area contributed by atoms with E-state index in [1.807, 2.05) is 37.3 Å². The summed E-state index contributed by atoms with van der Waals surface area (Å²) in [6.07, 6.45) is 2.56. The number of hydrogen-bond donors (Lipinski definition) is 1. The van der Waals surface area contributed by atoms with Crippen LogP contribution in [0.15, 0.2) is 47.5 Å². The maximum absolute atomic E-state index is 9.96. The van der Waals surface area contributed by atoms with E-state index in [9.17, 15) is 5.11 Å². The third-order valence-corrected chi connectivity index (χ3v) is 3.25. The van der Waals surface area contributed by atoms with Crippen LogP contribution in [0.1, 0.15) is 18.9 Å². The second-order valence-corrected chi connectivity index (χ2v) is 5.13. The van der Waals surface area contributed by atoms with Crippen LogP contribution in [0.3, 0.4) is 0 Å². The molecule has 0 fully saturated rings. The molecule has 0 saturated heterocycles. The van der Waals surface area contributed by atoms with Gasteiger partial charge < -0.3 is 19.3 Å². The van der Waals surface area contributed by atoms with E-state index >= 15 is 0 Å². The van der Waals surface area contributed by atoms with E-state index in [0.717, 1.165) is 17.9 Å². The number of phenolic OH excluding ortho intramolecular Hbond substituents is 1. The SMILES string of the molecule is CCCOc1ccc(C=NCCOc2ccc(OC)cc2)c(O)c1. The molecule has 2 rings (SSSR count). The first-order valence-corrected chi connectivity index (χ1v) is 7.95. The van der Waals surface area contributed by atoms with Crippen LogP contribution in [-0.2, 0) is 0 Å². The van der Waals surface area contributed by atoms with Gasteiger partial charge in [-0.1, -0.05) is 6.92 Å². The predicted molar refractivity (Wildman–Crippen MR) is 94.8 cm³/mol. The van der Waals surface area contributed by atoms with Gasteiger partial charge in [0.1, 0.15) is 29.6 Å². The normalized spacial score (nSPS) is 10.8. The zero-order chi connectivity index (χ0) is 17.2. The molecule has 0 atom stereocenters. The van der Waals surface area contributed by atoms with E-state index < -0.39 is 0 Å². The minimum Gasteiger partial charge on any atom is -0.507 e. The summed E-state index contributed by atoms with van der Waals surface area (Å²) in [4.78, 5) is 4.27. The van der Waals surface area contributed by atoms with Gasteiger partial charge in [0.05, 0.1) is 20.3 Å². The highest BCUT2D eigenvalue weighted by Crippen LogP contribution is 2.22. The summed E-state index contributed by atoms with van der Waals surface area (Å²) in [5.41, 5.74) is 0.656. The fraction of sp³-hybridized carbons (Fsp3) is 0.316. The maximum atomic E-state index is 9.96. The number of benzene rings is 2. The quantitative estimate of drug-likeness (QED) is 0.563. The molecular formula is C19H23NO4. The number of methoxy groups -OCH3 is 1. The predicted octanol–water partition coefficient (Wildman–Crippen LogP) is 3.69. The molecular weight excluding hydrogens is 306 g/mol. The van der Waals surface area contributed by atoms with Gasteiger partial charge in [-0.2, -0.15) is 0 Å². The van der Waals surface area contributed by atoms with Crippen molar-refractivity contribution >= 4 is 6.21 Å². The van der Waals surface area contributed by atoms with Crippen molar-refractivity contribution in [2.24, 2.45) is 4.99 Å². The van der Waals surface area contributed by atoms with Crippen molar-refractivity contribution in [1.82, 2.24) is 0 Å². The Bertz CT molecular complexity index is 653. The summed E-state index contributed by atoms with van der Waals surface area (Å²) in [5.74, 6) is 2.38. The fourth-order valence-electron chi connectivity index (χ4n) is 1.99. The van der Waals surface area contributed by atoms with Crippen molar-refractivity contribution in [1.29, 1.82) is 0 Å². The second kappa shape index (κ2) is 9.45. The maximum Gasteiger partial charge on any atom is 0.128 e. The summed E-state index contributed by atoms with van der Waals surface area (Å²) < 4.78 is 16.1. The number of aliphatic imine (C=N–C) groups is 1. The fourth-order valence-corrected chi connectivity index (χ4v) is 1.99. The zero-order valence-electron chi connectivity index (χ0n) is 14.1. The first-order valence-electron chi connectivity index (χ1n) is 7.95. The lowest BCUT2D eigenvalue weighted by Crippen LogP contribution is -2.01. The molecule has 5 heteroatoms. The Morgan fingerprint density at radius 2 is 1.62 bits per heavy atom. The lowest BCUT2D eigenvalue weighted by atomic mass is 10.2. The summed E-state index contributed by atoms with van der Waals surface area (Å²) in [6.45, 7) is 3.63. The Labute approximate surface area is 142 Å². The van der Waals surface area contributed by atoms with Crippen LogP contribution >= 0.6 is 0 Å². The number of nitrogens with zero attached hydrogens (tertiary/aromatic N) is 1. The van der Waals surface area contributed by atoms with E-state index in [-0.39, 0.29) is 5.75 Å². The molecule has 24 heavy (non-hydrogen) atoms. The number of rotatable bonds is 9. The van der Waals surface area contributed by atoms with Gasteiger partial charge in [0.25, 0.3) is 0 Å². The molecule has 0 amide bonds. The lowest BCUT2D eigenvalue weighted by Gasteiger charge is -2.06. The van der Waals surface area contributed by atoms with Gasteiger partial charge in [0.2, 0.25) is 0 Å². The molecule has 128 valence electrons. The molecule has 0 saturated carbocycles. The third-order valence-electron chi connectivity index (χ3n) is 3.25. The van der Waals surface area contributed by atoms with Crippen LogP contribution in [0.25, 0.3) is 0 Å². The van der Waals surface area contributed by atoms with Gasteiger partial charge >= 0.3 is 0 Å². The highest BCUT2D eigenvalue weighted by Gasteiger charge is 2.01. The molecule has 0 spiro atoms. The molecule has 0 unspecified atom stereocenters. The molecule has 0 heterocycles. The van der Waals surface area contributed by atoms with E-state index in [1.165, 1.54) is 0 Å². The van der Waals surface area contributed by atoms with Crippen LogP contribution in [0.4, 0.5) is 0 Å². The Morgan fingerprint density at radius 3 is 2.29 bits per heavy atom. The van der Waals surface area contributed by atoms with Crippen molar-refractivity contribution in [3.63, 3.8) is 0 Å². The summed E-state index contributed by atoms with van der Waals surface area (Å²) in [5, 5.41) is 9.96. The average molecular weight is 329 g/mol. The van der Waals surface area contributed by atoms with E-state index in [4.69, 9.17) is 14.2 Å². The second-order valence-electron chi connectivity index (χ2n) is 5.13. The topological polar surface area (TPSA) is 60.3 Å².